The molecule has 0 saturated heterocycles. The molecule has 0 saturated carbocycles. The number of hydrogen-bond donors (Lipinski definition) is 1. The molecule has 0 amide bonds. The molecule has 0 unspecified atom stereocenters. The zero-order valence-corrected chi connectivity index (χ0v) is 9.53. The highest BCUT2D eigenvalue weighted by Crippen LogP contribution is 2.16. The Hall–Kier alpha value is -0.810. The number of anilines is 1. The highest BCUT2D eigenvalue weighted by molar-refractivity contribution is 8.13. The van der Waals surface area contributed by atoms with Gasteiger partial charge in [0.05, 0.1) is 0 Å². The van der Waals surface area contributed by atoms with Gasteiger partial charge in [0.25, 0.3) is 0 Å². The second-order valence-corrected chi connectivity index (χ2v) is 5.00. The van der Waals surface area contributed by atoms with Crippen LogP contribution in [0.15, 0.2) is 12.3 Å². The van der Waals surface area contributed by atoms with Crippen LogP contribution in [0.5, 0.6) is 0 Å². The van der Waals surface area contributed by atoms with E-state index in [1.54, 1.807) is 13.1 Å². The lowest BCUT2D eigenvalue weighted by Crippen LogP contribution is -1.83. The molecule has 0 spiro atoms. The first-order chi connectivity index (χ1) is 6.68. The normalized spacial score (nSPS) is 10.9. The number of nitrogens with two attached hydrogens (primary N) is 1. The van der Waals surface area contributed by atoms with Crippen molar-refractivity contribution in [2.24, 2.45) is 0 Å². The number of carbonyl (C=O) groups is 1. The number of thiazole rings is 1. The van der Waals surface area contributed by atoms with E-state index in [9.17, 15) is 4.79 Å². The Balaban J connectivity index is 2.24. The lowest BCUT2D eigenvalue weighted by Gasteiger charge is -1.90. The monoisotopic (exact) mass is 228 g/mol. The molecule has 5 heteroatoms. The summed E-state index contributed by atoms with van der Waals surface area (Å²) in [5.74, 6) is 0.833. The predicted octanol–water partition coefficient (Wildman–Crippen LogP) is 2.41. The maximum absolute atomic E-state index is 10.6. The molecule has 1 rings (SSSR count). The summed E-state index contributed by atoms with van der Waals surface area (Å²) in [6.07, 6.45) is 6.65. The fraction of sp³-hybridized carbons (Fsp3) is 0.333. The molecule has 14 heavy (non-hydrogen) atoms. The summed E-state index contributed by atoms with van der Waals surface area (Å²) in [7, 11) is 0. The van der Waals surface area contributed by atoms with E-state index in [2.05, 4.69) is 4.98 Å². The summed E-state index contributed by atoms with van der Waals surface area (Å²) in [6.45, 7) is 1.58. The van der Waals surface area contributed by atoms with Gasteiger partial charge in [0.1, 0.15) is 0 Å². The number of thioether (sulfide) groups is 1. The van der Waals surface area contributed by atoms with Crippen molar-refractivity contribution in [3.8, 4) is 0 Å². The average Bonchev–Trinajstić information content (AvgIpc) is 2.50. The van der Waals surface area contributed by atoms with Crippen LogP contribution in [-0.2, 0) is 4.79 Å². The highest BCUT2D eigenvalue weighted by Gasteiger charge is 1.93. The van der Waals surface area contributed by atoms with Crippen molar-refractivity contribution >= 4 is 39.4 Å². The van der Waals surface area contributed by atoms with Crippen LogP contribution in [-0.4, -0.2) is 15.9 Å². The van der Waals surface area contributed by atoms with Gasteiger partial charge in [-0.05, 0) is 12.5 Å². The fourth-order valence-electron chi connectivity index (χ4n) is 0.848. The van der Waals surface area contributed by atoms with E-state index < -0.39 is 0 Å². The van der Waals surface area contributed by atoms with Gasteiger partial charge in [-0.3, -0.25) is 4.79 Å². The zero-order valence-electron chi connectivity index (χ0n) is 7.90. The Labute approximate surface area is 91.4 Å². The van der Waals surface area contributed by atoms with Crippen LogP contribution in [0.4, 0.5) is 5.13 Å². The van der Waals surface area contributed by atoms with Crippen LogP contribution in [0.2, 0.25) is 0 Å². The number of hydrogen-bond acceptors (Lipinski definition) is 5. The van der Waals surface area contributed by atoms with Gasteiger partial charge < -0.3 is 5.73 Å². The van der Waals surface area contributed by atoms with Crippen molar-refractivity contribution in [1.82, 2.24) is 4.98 Å². The molecule has 0 aliphatic heterocycles. The van der Waals surface area contributed by atoms with Crippen molar-refractivity contribution in [3.05, 3.63) is 17.2 Å². The summed E-state index contributed by atoms with van der Waals surface area (Å²) in [5.41, 5.74) is 5.47. The Morgan fingerprint density at radius 1 is 1.79 bits per heavy atom. The summed E-state index contributed by atoms with van der Waals surface area (Å²) in [4.78, 5) is 15.6. The van der Waals surface area contributed by atoms with Crippen molar-refractivity contribution in [2.75, 3.05) is 11.5 Å². The quantitative estimate of drug-likeness (QED) is 0.804. The maximum atomic E-state index is 10.6. The molecule has 0 fully saturated rings. The molecule has 0 aliphatic carbocycles. The van der Waals surface area contributed by atoms with E-state index >= 15 is 0 Å². The molecule has 0 atom stereocenters. The average molecular weight is 228 g/mol. The first kappa shape index (κ1) is 11.3. The smallest absolute Gasteiger partial charge is 0.185 e. The molecule has 0 aromatic carbocycles. The molecule has 1 aromatic rings. The van der Waals surface area contributed by atoms with Gasteiger partial charge in [-0.1, -0.05) is 29.2 Å². The topological polar surface area (TPSA) is 56.0 Å². The van der Waals surface area contributed by atoms with Crippen molar-refractivity contribution in [1.29, 1.82) is 0 Å². The SMILES string of the molecule is CC(=O)SCCC=Cc1cnc(N)s1. The molecular weight excluding hydrogens is 216 g/mol. The van der Waals surface area contributed by atoms with E-state index in [4.69, 9.17) is 5.73 Å². The Kier molecular flexibility index (Phi) is 4.69. The van der Waals surface area contributed by atoms with Crippen LogP contribution in [0.1, 0.15) is 18.2 Å². The molecular formula is C9H12N2OS2. The van der Waals surface area contributed by atoms with Crippen molar-refractivity contribution in [2.45, 2.75) is 13.3 Å². The van der Waals surface area contributed by atoms with Crippen LogP contribution < -0.4 is 5.73 Å². The molecule has 3 nitrogen and oxygen atoms in total. The number of carbonyl (C=O) groups excluding carboxylic acids is 1. The van der Waals surface area contributed by atoms with E-state index in [1.165, 1.54) is 23.1 Å². The number of nitrogen functional groups attached to an aromatic ring is 1. The van der Waals surface area contributed by atoms with Crippen LogP contribution in [0.3, 0.4) is 0 Å². The molecule has 76 valence electrons. The summed E-state index contributed by atoms with van der Waals surface area (Å²) < 4.78 is 0. The summed E-state index contributed by atoms with van der Waals surface area (Å²) in [6, 6.07) is 0. The third-order valence-electron chi connectivity index (χ3n) is 1.41. The predicted molar refractivity (Wildman–Crippen MR) is 63.3 cm³/mol. The van der Waals surface area contributed by atoms with Gasteiger partial charge in [-0.15, -0.1) is 0 Å². The Morgan fingerprint density at radius 3 is 3.14 bits per heavy atom. The lowest BCUT2D eigenvalue weighted by atomic mass is 10.4. The van der Waals surface area contributed by atoms with Gasteiger partial charge in [0, 0.05) is 23.8 Å². The Bertz CT molecular complexity index is 333. The van der Waals surface area contributed by atoms with Crippen LogP contribution in [0, 0.1) is 0 Å². The number of aromatic nitrogens is 1. The second-order valence-electron chi connectivity index (χ2n) is 2.63. The van der Waals surface area contributed by atoms with Crippen molar-refractivity contribution < 1.29 is 4.79 Å². The van der Waals surface area contributed by atoms with Gasteiger partial charge in [-0.2, -0.15) is 0 Å². The van der Waals surface area contributed by atoms with Crippen molar-refractivity contribution in [3.63, 3.8) is 0 Å². The standard InChI is InChI=1S/C9H12N2OS2/c1-7(12)13-5-3-2-4-8-6-11-9(10)14-8/h2,4,6H,3,5H2,1H3,(H2,10,11). The van der Waals surface area contributed by atoms with Gasteiger partial charge in [0.2, 0.25) is 0 Å². The zero-order chi connectivity index (χ0) is 10.4. The molecule has 1 aromatic heterocycles. The fourth-order valence-corrected chi connectivity index (χ4v) is 2.01. The molecule has 1 heterocycles. The van der Waals surface area contributed by atoms with Crippen LogP contribution >= 0.6 is 23.1 Å². The minimum atomic E-state index is 0.167. The van der Waals surface area contributed by atoms with Gasteiger partial charge >= 0.3 is 0 Å². The minimum Gasteiger partial charge on any atom is -0.375 e. The first-order valence-electron chi connectivity index (χ1n) is 4.19. The first-order valence-corrected chi connectivity index (χ1v) is 6.00. The van der Waals surface area contributed by atoms with E-state index in [-0.39, 0.29) is 5.12 Å². The van der Waals surface area contributed by atoms with E-state index in [0.29, 0.717) is 5.13 Å². The third kappa shape index (κ3) is 4.43. The highest BCUT2D eigenvalue weighted by atomic mass is 32.2. The number of nitrogens with zero attached hydrogens (tertiary/aromatic N) is 1. The van der Waals surface area contributed by atoms with E-state index in [1.807, 2.05) is 12.2 Å². The maximum Gasteiger partial charge on any atom is 0.185 e. The molecule has 0 radical (unpaired) electrons. The van der Waals surface area contributed by atoms with E-state index in [0.717, 1.165) is 17.1 Å². The third-order valence-corrected chi connectivity index (χ3v) is 3.05. The lowest BCUT2D eigenvalue weighted by molar-refractivity contribution is -0.109. The summed E-state index contributed by atoms with van der Waals surface area (Å²) >= 11 is 2.80. The number of allylic oxidation sites excluding steroid dienone is 1. The molecule has 0 aliphatic rings. The number of rotatable bonds is 4. The van der Waals surface area contributed by atoms with Gasteiger partial charge in [-0.25, -0.2) is 4.98 Å². The molecule has 2 N–H and O–H groups in total. The minimum absolute atomic E-state index is 0.167. The Morgan fingerprint density at radius 2 is 2.57 bits per heavy atom. The second kappa shape index (κ2) is 5.82. The van der Waals surface area contributed by atoms with Crippen LogP contribution in [0.25, 0.3) is 6.08 Å². The summed E-state index contributed by atoms with van der Waals surface area (Å²) in [5, 5.41) is 0.753. The molecule has 0 bridgehead atoms. The van der Waals surface area contributed by atoms with Gasteiger partial charge in [0.15, 0.2) is 10.2 Å². The largest absolute Gasteiger partial charge is 0.375 e.